The lowest BCUT2D eigenvalue weighted by atomic mass is 10.5. The van der Waals surface area contributed by atoms with E-state index in [-0.39, 0.29) is 5.91 Å². The number of carbonyl (C=O) groups excluding carboxylic acids is 1. The third-order valence-electron chi connectivity index (χ3n) is 1.49. The summed E-state index contributed by atoms with van der Waals surface area (Å²) in [6, 6.07) is 0.514. The first kappa shape index (κ1) is 5.60. The van der Waals surface area contributed by atoms with E-state index >= 15 is 0 Å². The van der Waals surface area contributed by atoms with Crippen molar-refractivity contribution in [2.45, 2.75) is 18.9 Å². The van der Waals surface area contributed by atoms with Gasteiger partial charge in [0.25, 0.3) is 0 Å². The molecule has 0 aromatic carbocycles. The molecule has 45 valence electrons. The first-order valence-corrected chi connectivity index (χ1v) is 2.80. The van der Waals surface area contributed by atoms with Crippen LogP contribution in [-0.4, -0.2) is 23.9 Å². The highest BCUT2D eigenvalue weighted by Crippen LogP contribution is 2.24. The lowest BCUT2D eigenvalue weighted by molar-refractivity contribution is -0.125. The summed E-state index contributed by atoms with van der Waals surface area (Å²) in [6.45, 7) is 3.29. The second-order valence-corrected chi connectivity index (χ2v) is 2.24. The van der Waals surface area contributed by atoms with Crippen molar-refractivity contribution in [2.75, 3.05) is 7.05 Å². The molecule has 0 atom stereocenters. The van der Waals surface area contributed by atoms with Gasteiger partial charge in [-0.15, -0.1) is 0 Å². The van der Waals surface area contributed by atoms with Crippen LogP contribution in [0.5, 0.6) is 0 Å². The summed E-state index contributed by atoms with van der Waals surface area (Å²) in [5.74, 6) is -0.0625. The minimum Gasteiger partial charge on any atom is -0.343 e. The predicted molar refractivity (Wildman–Crippen MR) is 31.1 cm³/mol. The van der Waals surface area contributed by atoms with Crippen molar-refractivity contribution in [3.05, 3.63) is 6.92 Å². The smallest absolute Gasteiger partial charge is 0.223 e. The van der Waals surface area contributed by atoms with Gasteiger partial charge in [-0.1, -0.05) is 0 Å². The third-order valence-corrected chi connectivity index (χ3v) is 1.49. The van der Waals surface area contributed by atoms with Crippen LogP contribution in [0.3, 0.4) is 0 Å². The van der Waals surface area contributed by atoms with E-state index in [9.17, 15) is 4.79 Å². The third kappa shape index (κ3) is 0.997. The molecule has 0 unspecified atom stereocenters. The Balaban J connectivity index is 2.32. The van der Waals surface area contributed by atoms with E-state index in [4.69, 9.17) is 0 Å². The van der Waals surface area contributed by atoms with Crippen LogP contribution in [0.1, 0.15) is 12.8 Å². The summed E-state index contributed by atoms with van der Waals surface area (Å²) in [5.41, 5.74) is 0. The van der Waals surface area contributed by atoms with Gasteiger partial charge in [-0.3, -0.25) is 4.79 Å². The lowest BCUT2D eigenvalue weighted by Gasteiger charge is -2.11. The summed E-state index contributed by atoms with van der Waals surface area (Å²) in [5, 5.41) is 0. The van der Waals surface area contributed by atoms with Gasteiger partial charge in [0.2, 0.25) is 5.91 Å². The first-order valence-electron chi connectivity index (χ1n) is 2.80. The van der Waals surface area contributed by atoms with E-state index in [1.807, 2.05) is 0 Å². The van der Waals surface area contributed by atoms with Crippen LogP contribution < -0.4 is 0 Å². The van der Waals surface area contributed by atoms with Crippen LogP contribution in [0, 0.1) is 6.92 Å². The van der Waals surface area contributed by atoms with E-state index in [1.165, 1.54) is 0 Å². The van der Waals surface area contributed by atoms with Crippen molar-refractivity contribution in [1.29, 1.82) is 0 Å². The second kappa shape index (κ2) is 1.77. The number of hydrogen-bond acceptors (Lipinski definition) is 1. The monoisotopic (exact) mass is 112 g/mol. The zero-order chi connectivity index (χ0) is 6.15. The maximum absolute atomic E-state index is 10.4. The second-order valence-electron chi connectivity index (χ2n) is 2.24. The highest BCUT2D eigenvalue weighted by molar-refractivity contribution is 5.80. The molecule has 0 saturated heterocycles. The Labute approximate surface area is 49.5 Å². The Morgan fingerprint density at radius 1 is 1.75 bits per heavy atom. The number of rotatable bonds is 1. The average Bonchev–Trinajstić information content (AvgIpc) is 2.43. The van der Waals surface area contributed by atoms with Gasteiger partial charge in [0.15, 0.2) is 0 Å². The Morgan fingerprint density at radius 3 is 2.38 bits per heavy atom. The van der Waals surface area contributed by atoms with Gasteiger partial charge >= 0.3 is 0 Å². The van der Waals surface area contributed by atoms with Gasteiger partial charge in [0.1, 0.15) is 0 Å². The molecule has 1 saturated carbocycles. The van der Waals surface area contributed by atoms with E-state index in [1.54, 1.807) is 11.9 Å². The maximum atomic E-state index is 10.4. The lowest BCUT2D eigenvalue weighted by Crippen LogP contribution is -2.25. The van der Waals surface area contributed by atoms with Gasteiger partial charge < -0.3 is 4.90 Å². The molecule has 1 radical (unpaired) electrons. The fourth-order valence-corrected chi connectivity index (χ4v) is 0.665. The molecule has 0 heterocycles. The molecule has 0 bridgehead atoms. The number of carbonyl (C=O) groups is 1. The minimum atomic E-state index is -0.0625. The highest BCUT2D eigenvalue weighted by atomic mass is 16.2. The Kier molecular flexibility index (Phi) is 1.24. The number of hydrogen-bond donors (Lipinski definition) is 0. The zero-order valence-corrected chi connectivity index (χ0v) is 5.05. The Bertz CT molecular complexity index is 107. The molecule has 1 amide bonds. The Hall–Kier alpha value is -0.530. The van der Waals surface area contributed by atoms with Crippen molar-refractivity contribution >= 4 is 5.91 Å². The highest BCUT2D eigenvalue weighted by Gasteiger charge is 2.27. The van der Waals surface area contributed by atoms with Crippen LogP contribution in [0.25, 0.3) is 0 Å². The molecule has 0 aliphatic heterocycles. The van der Waals surface area contributed by atoms with E-state index in [2.05, 4.69) is 6.92 Å². The summed E-state index contributed by atoms with van der Waals surface area (Å²) >= 11 is 0. The summed E-state index contributed by atoms with van der Waals surface area (Å²) < 4.78 is 0. The molecule has 1 fully saturated rings. The number of amides is 1. The first-order chi connectivity index (χ1) is 3.72. The van der Waals surface area contributed by atoms with Gasteiger partial charge in [-0.05, 0) is 12.8 Å². The fourth-order valence-electron chi connectivity index (χ4n) is 0.665. The van der Waals surface area contributed by atoms with Crippen LogP contribution >= 0.6 is 0 Å². The molecule has 2 nitrogen and oxygen atoms in total. The van der Waals surface area contributed by atoms with Crippen molar-refractivity contribution in [2.24, 2.45) is 0 Å². The van der Waals surface area contributed by atoms with Crippen molar-refractivity contribution in [3.63, 3.8) is 0 Å². The SMILES string of the molecule is [CH2]C(=O)N(C)C1CC1. The van der Waals surface area contributed by atoms with E-state index in [0.717, 1.165) is 12.8 Å². The van der Waals surface area contributed by atoms with Gasteiger partial charge in [0.05, 0.1) is 0 Å². The molecule has 0 spiro atoms. The molecule has 1 aliphatic rings. The molecule has 0 aromatic rings. The van der Waals surface area contributed by atoms with Gasteiger partial charge in [-0.25, -0.2) is 0 Å². The maximum Gasteiger partial charge on any atom is 0.223 e. The fraction of sp³-hybridized carbons (Fsp3) is 0.667. The number of nitrogens with zero attached hydrogens (tertiary/aromatic N) is 1. The van der Waals surface area contributed by atoms with Crippen LogP contribution in [-0.2, 0) is 4.79 Å². The van der Waals surface area contributed by atoms with Gasteiger partial charge in [0, 0.05) is 20.0 Å². The van der Waals surface area contributed by atoms with E-state index in [0.29, 0.717) is 6.04 Å². The predicted octanol–water partition coefficient (Wildman–Crippen LogP) is 0.441. The van der Waals surface area contributed by atoms with Crippen LogP contribution in [0.4, 0.5) is 0 Å². The molecule has 1 aliphatic carbocycles. The zero-order valence-electron chi connectivity index (χ0n) is 5.05. The molecule has 0 N–H and O–H groups in total. The van der Waals surface area contributed by atoms with Crippen molar-refractivity contribution in [1.82, 2.24) is 4.90 Å². The van der Waals surface area contributed by atoms with Crippen molar-refractivity contribution in [3.8, 4) is 0 Å². The molecule has 1 rings (SSSR count). The molecule has 2 heteroatoms. The topological polar surface area (TPSA) is 20.3 Å². The quantitative estimate of drug-likeness (QED) is 0.482. The van der Waals surface area contributed by atoms with Crippen molar-refractivity contribution < 1.29 is 4.79 Å². The normalized spacial score (nSPS) is 18.2. The molecule has 0 aromatic heterocycles. The van der Waals surface area contributed by atoms with Gasteiger partial charge in [-0.2, -0.15) is 0 Å². The average molecular weight is 112 g/mol. The standard InChI is InChI=1S/C6H10NO/c1-5(8)7(2)6-3-4-6/h6H,1,3-4H2,2H3. The molecular formula is C6H10NO. The Morgan fingerprint density at radius 2 is 2.25 bits per heavy atom. The van der Waals surface area contributed by atoms with Crippen LogP contribution in [0.2, 0.25) is 0 Å². The summed E-state index contributed by atoms with van der Waals surface area (Å²) in [4.78, 5) is 12.1. The molecule has 8 heavy (non-hydrogen) atoms. The van der Waals surface area contributed by atoms with E-state index < -0.39 is 0 Å². The largest absolute Gasteiger partial charge is 0.343 e. The minimum absolute atomic E-state index is 0.0625. The molecular weight excluding hydrogens is 102 g/mol. The summed E-state index contributed by atoms with van der Waals surface area (Å²) in [7, 11) is 1.80. The van der Waals surface area contributed by atoms with Crippen LogP contribution in [0.15, 0.2) is 0 Å². The summed E-state index contributed by atoms with van der Waals surface area (Å²) in [6.07, 6.45) is 2.33.